The van der Waals surface area contributed by atoms with Gasteiger partial charge in [0.15, 0.2) is 0 Å². The minimum absolute atomic E-state index is 0.200. The molecule has 0 unspecified atom stereocenters. The highest BCUT2D eigenvalue weighted by Gasteiger charge is 2.12. The quantitative estimate of drug-likeness (QED) is 0.239. The molecule has 0 aliphatic carbocycles. The second kappa shape index (κ2) is 12.0. The van der Waals surface area contributed by atoms with E-state index in [0.717, 1.165) is 0 Å². The number of benzene rings is 1. The number of hydrogen-bond acceptors (Lipinski definition) is 9. The highest BCUT2D eigenvalue weighted by molar-refractivity contribution is 6.08. The Kier molecular flexibility index (Phi) is 9.81. The van der Waals surface area contributed by atoms with Gasteiger partial charge in [-0.2, -0.15) is 0 Å². The van der Waals surface area contributed by atoms with E-state index in [2.05, 4.69) is 35.2 Å². The molecule has 0 spiro atoms. The van der Waals surface area contributed by atoms with Gasteiger partial charge in [0, 0.05) is 33.4 Å². The zero-order valence-electron chi connectivity index (χ0n) is 19.6. The number of hydrogen-bond donors (Lipinski definition) is 0. The van der Waals surface area contributed by atoms with E-state index in [1.54, 1.807) is 39.0 Å². The Bertz CT molecular complexity index is 959. The third-order valence-electron chi connectivity index (χ3n) is 4.03. The average Bonchev–Trinajstić information content (AvgIpc) is 2.77. The predicted octanol–water partition coefficient (Wildman–Crippen LogP) is 4.22. The first-order valence-electron chi connectivity index (χ1n) is 9.74. The summed E-state index contributed by atoms with van der Waals surface area (Å²) in [5.41, 5.74) is 3.36. The van der Waals surface area contributed by atoms with Gasteiger partial charge in [0.1, 0.15) is 0 Å². The summed E-state index contributed by atoms with van der Waals surface area (Å²) in [5.74, 6) is -2.00. The topological polar surface area (TPSA) is 116 Å². The first kappa shape index (κ1) is 26.9. The Hall–Kier alpha value is -4.14. The number of nitrogens with zero attached hydrogens (tertiary/aromatic N) is 3. The van der Waals surface area contributed by atoms with Gasteiger partial charge in [-0.05, 0) is 59.7 Å². The van der Waals surface area contributed by atoms with Gasteiger partial charge in [-0.3, -0.25) is 0 Å². The summed E-state index contributed by atoms with van der Waals surface area (Å²) in [4.78, 5) is 49.6. The summed E-state index contributed by atoms with van der Waals surface area (Å²) < 4.78 is 0. The fourth-order valence-corrected chi connectivity index (χ4v) is 1.98. The fourth-order valence-electron chi connectivity index (χ4n) is 1.98. The molecule has 0 heterocycles. The maximum absolute atomic E-state index is 11.7. The lowest BCUT2D eigenvalue weighted by molar-refractivity contribution is -0.139. The SMILES string of the molecule is C=C(C)C(=O)O/N=C(\C)c1cc(/C(C)=N/OC(=O)C(=C)C)cc(/C(C)=N/OC(=O)C(=C)C)c1. The van der Waals surface area contributed by atoms with E-state index in [0.29, 0.717) is 33.8 Å². The largest absolute Gasteiger partial charge is 0.360 e. The second-order valence-electron chi connectivity index (χ2n) is 7.31. The lowest BCUT2D eigenvalue weighted by Gasteiger charge is -2.10. The summed E-state index contributed by atoms with van der Waals surface area (Å²) in [7, 11) is 0. The lowest BCUT2D eigenvalue weighted by Crippen LogP contribution is -2.09. The second-order valence-corrected chi connectivity index (χ2v) is 7.31. The van der Waals surface area contributed by atoms with Crippen LogP contribution in [0, 0.1) is 0 Å². The van der Waals surface area contributed by atoms with E-state index >= 15 is 0 Å². The molecule has 0 amide bonds. The number of oxime groups is 3. The molecule has 1 aromatic rings. The standard InChI is InChI=1S/C24H27N3O6/c1-13(2)22(28)31-25-16(7)19-10-20(17(8)26-32-23(29)14(3)4)12-21(11-19)18(9)27-33-24(30)15(5)6/h10-12H,1,3,5H2,2,4,6-9H3/b25-16+,26-17+,27-18+. The first-order chi connectivity index (χ1) is 15.3. The summed E-state index contributed by atoms with van der Waals surface area (Å²) in [6.07, 6.45) is 0. The molecule has 0 atom stereocenters. The van der Waals surface area contributed by atoms with Gasteiger partial charge in [-0.1, -0.05) is 35.2 Å². The number of rotatable bonds is 9. The zero-order valence-corrected chi connectivity index (χ0v) is 19.6. The molecule has 9 nitrogen and oxygen atoms in total. The normalized spacial score (nSPS) is 12.0. The average molecular weight is 453 g/mol. The molecule has 1 rings (SSSR count). The van der Waals surface area contributed by atoms with Crippen molar-refractivity contribution in [3.63, 3.8) is 0 Å². The van der Waals surface area contributed by atoms with Gasteiger partial charge in [0.25, 0.3) is 0 Å². The van der Waals surface area contributed by atoms with Crippen molar-refractivity contribution in [2.24, 2.45) is 15.5 Å². The van der Waals surface area contributed by atoms with Crippen molar-refractivity contribution in [3.8, 4) is 0 Å². The molecular weight excluding hydrogens is 426 g/mol. The van der Waals surface area contributed by atoms with Crippen LogP contribution in [0.4, 0.5) is 0 Å². The van der Waals surface area contributed by atoms with Gasteiger partial charge < -0.3 is 14.5 Å². The van der Waals surface area contributed by atoms with Crippen LogP contribution in [0.2, 0.25) is 0 Å². The van der Waals surface area contributed by atoms with Crippen molar-refractivity contribution in [1.82, 2.24) is 0 Å². The van der Waals surface area contributed by atoms with Crippen LogP contribution in [0.1, 0.15) is 58.2 Å². The van der Waals surface area contributed by atoms with Crippen LogP contribution in [0.5, 0.6) is 0 Å². The van der Waals surface area contributed by atoms with E-state index in [1.807, 2.05) is 0 Å². The molecule has 0 N–H and O–H groups in total. The van der Waals surface area contributed by atoms with Crippen LogP contribution in [0.3, 0.4) is 0 Å². The Morgan fingerprint density at radius 1 is 0.545 bits per heavy atom. The van der Waals surface area contributed by atoms with Crippen LogP contribution in [-0.4, -0.2) is 35.0 Å². The van der Waals surface area contributed by atoms with Gasteiger partial charge in [0.2, 0.25) is 0 Å². The summed E-state index contributed by atoms with van der Waals surface area (Å²) >= 11 is 0. The van der Waals surface area contributed by atoms with Crippen LogP contribution in [0.25, 0.3) is 0 Å². The molecule has 0 saturated heterocycles. The molecule has 174 valence electrons. The molecular formula is C24H27N3O6. The Morgan fingerprint density at radius 3 is 0.939 bits per heavy atom. The van der Waals surface area contributed by atoms with Gasteiger partial charge in [0.05, 0.1) is 17.1 Å². The lowest BCUT2D eigenvalue weighted by atomic mass is 9.98. The minimum atomic E-state index is -0.667. The molecule has 33 heavy (non-hydrogen) atoms. The maximum Gasteiger partial charge on any atom is 0.360 e. The van der Waals surface area contributed by atoms with Crippen molar-refractivity contribution in [1.29, 1.82) is 0 Å². The molecule has 1 aromatic carbocycles. The van der Waals surface area contributed by atoms with E-state index in [4.69, 9.17) is 14.5 Å². The van der Waals surface area contributed by atoms with Crippen LogP contribution in [-0.2, 0) is 28.9 Å². The predicted molar refractivity (Wildman–Crippen MR) is 126 cm³/mol. The van der Waals surface area contributed by atoms with Crippen LogP contribution in [0.15, 0.2) is 70.1 Å². The molecule has 0 aliphatic heterocycles. The van der Waals surface area contributed by atoms with Gasteiger partial charge in [-0.25, -0.2) is 14.4 Å². The zero-order chi connectivity index (χ0) is 25.3. The maximum atomic E-state index is 11.7. The van der Waals surface area contributed by atoms with Crippen LogP contribution < -0.4 is 0 Å². The van der Waals surface area contributed by atoms with Crippen molar-refractivity contribution in [2.45, 2.75) is 41.5 Å². The van der Waals surface area contributed by atoms with Crippen molar-refractivity contribution in [2.75, 3.05) is 0 Å². The van der Waals surface area contributed by atoms with Crippen molar-refractivity contribution >= 4 is 35.0 Å². The Balaban J connectivity index is 3.45. The third kappa shape index (κ3) is 8.48. The molecule has 0 aromatic heterocycles. The molecule has 0 fully saturated rings. The Labute approximate surface area is 192 Å². The van der Waals surface area contributed by atoms with E-state index in [9.17, 15) is 14.4 Å². The summed E-state index contributed by atoms with van der Waals surface area (Å²) in [6.45, 7) is 19.9. The van der Waals surface area contributed by atoms with Crippen LogP contribution >= 0.6 is 0 Å². The molecule has 0 bridgehead atoms. The smallest absolute Gasteiger partial charge is 0.313 e. The summed E-state index contributed by atoms with van der Waals surface area (Å²) in [6, 6.07) is 5.12. The monoisotopic (exact) mass is 453 g/mol. The minimum Gasteiger partial charge on any atom is -0.313 e. The fraction of sp³-hybridized carbons (Fsp3) is 0.250. The summed E-state index contributed by atoms with van der Waals surface area (Å²) in [5, 5.41) is 11.5. The molecule has 0 radical (unpaired) electrons. The third-order valence-corrected chi connectivity index (χ3v) is 4.03. The van der Waals surface area contributed by atoms with E-state index in [1.165, 1.54) is 20.8 Å². The van der Waals surface area contributed by atoms with Gasteiger partial charge in [-0.15, -0.1) is 0 Å². The highest BCUT2D eigenvalue weighted by atomic mass is 16.7. The van der Waals surface area contributed by atoms with E-state index < -0.39 is 17.9 Å². The van der Waals surface area contributed by atoms with Gasteiger partial charge >= 0.3 is 17.9 Å². The van der Waals surface area contributed by atoms with Crippen molar-refractivity contribution in [3.05, 3.63) is 71.3 Å². The Morgan fingerprint density at radius 2 is 0.758 bits per heavy atom. The number of carbonyl (C=O) groups excluding carboxylic acids is 3. The van der Waals surface area contributed by atoms with Crippen molar-refractivity contribution < 1.29 is 28.9 Å². The molecule has 0 aliphatic rings. The molecule has 9 heteroatoms. The highest BCUT2D eigenvalue weighted by Crippen LogP contribution is 2.15. The number of carbonyl (C=O) groups is 3. The molecule has 0 saturated carbocycles. The first-order valence-corrected chi connectivity index (χ1v) is 9.74. The van der Waals surface area contributed by atoms with E-state index in [-0.39, 0.29) is 16.7 Å².